The molecule has 0 aliphatic rings. The number of carbonyl (C=O) groups is 1. The van der Waals surface area contributed by atoms with Crippen LogP contribution >= 0.6 is 0 Å². The van der Waals surface area contributed by atoms with E-state index in [2.05, 4.69) is 10.3 Å². The number of hydrogen-bond donors (Lipinski definition) is 3. The fourth-order valence-electron chi connectivity index (χ4n) is 1.35. The second kappa shape index (κ2) is 8.76. The molecule has 0 atom stereocenters. The molecular weight excluding hydrogens is 262 g/mol. The number of aromatic hydroxyl groups is 1. The Labute approximate surface area is 117 Å². The summed E-state index contributed by atoms with van der Waals surface area (Å²) in [6.45, 7) is 1.33. The Morgan fingerprint density at radius 1 is 1.35 bits per heavy atom. The summed E-state index contributed by atoms with van der Waals surface area (Å²) in [7, 11) is 1.58. The summed E-state index contributed by atoms with van der Waals surface area (Å²) in [5.74, 6) is -0.330. The summed E-state index contributed by atoms with van der Waals surface area (Å²) in [6.07, 6.45) is 0. The second-order valence-electron chi connectivity index (χ2n) is 3.80. The Morgan fingerprint density at radius 3 is 2.80 bits per heavy atom. The van der Waals surface area contributed by atoms with Crippen molar-refractivity contribution in [2.24, 2.45) is 10.7 Å². The van der Waals surface area contributed by atoms with Gasteiger partial charge in [-0.15, -0.1) is 0 Å². The molecule has 0 saturated carbocycles. The zero-order chi connectivity index (χ0) is 14.8. The molecular formula is C13H19N3O4. The number of rotatable bonds is 7. The van der Waals surface area contributed by atoms with Crippen LogP contribution in [0.3, 0.4) is 0 Å². The molecule has 0 amide bonds. The number of ether oxygens (including phenoxy) is 2. The Kier molecular flexibility index (Phi) is 6.91. The lowest BCUT2D eigenvalue weighted by atomic mass is 10.2. The molecule has 1 aromatic carbocycles. The predicted octanol–water partition coefficient (Wildman–Crippen LogP) is 0.0997. The largest absolute Gasteiger partial charge is 0.507 e. The molecule has 1 rings (SSSR count). The number of guanidine groups is 1. The lowest BCUT2D eigenvalue weighted by Crippen LogP contribution is -2.34. The van der Waals surface area contributed by atoms with Crippen LogP contribution in [0.15, 0.2) is 29.3 Å². The van der Waals surface area contributed by atoms with Gasteiger partial charge in [0.2, 0.25) is 0 Å². The number of benzene rings is 1. The zero-order valence-electron chi connectivity index (χ0n) is 11.3. The van der Waals surface area contributed by atoms with E-state index < -0.39 is 5.97 Å². The van der Waals surface area contributed by atoms with Crippen LogP contribution in [0.4, 0.5) is 0 Å². The minimum Gasteiger partial charge on any atom is -0.507 e. The molecule has 0 unspecified atom stereocenters. The van der Waals surface area contributed by atoms with E-state index in [9.17, 15) is 9.90 Å². The number of esters is 1. The van der Waals surface area contributed by atoms with E-state index in [1.54, 1.807) is 19.2 Å². The molecule has 0 aromatic heterocycles. The van der Waals surface area contributed by atoms with Crippen molar-refractivity contribution in [3.63, 3.8) is 0 Å². The first-order chi connectivity index (χ1) is 9.65. The second-order valence-corrected chi connectivity index (χ2v) is 3.80. The van der Waals surface area contributed by atoms with Crippen LogP contribution in [0.2, 0.25) is 0 Å². The van der Waals surface area contributed by atoms with Gasteiger partial charge in [-0.25, -0.2) is 4.79 Å². The first-order valence-corrected chi connectivity index (χ1v) is 6.14. The number of nitrogens with zero attached hydrogens (tertiary/aromatic N) is 1. The van der Waals surface area contributed by atoms with Gasteiger partial charge in [-0.1, -0.05) is 12.1 Å². The molecule has 20 heavy (non-hydrogen) atoms. The van der Waals surface area contributed by atoms with E-state index in [4.69, 9.17) is 15.2 Å². The van der Waals surface area contributed by atoms with Crippen molar-refractivity contribution in [2.45, 2.75) is 0 Å². The maximum Gasteiger partial charge on any atom is 0.341 e. The van der Waals surface area contributed by atoms with Crippen LogP contribution in [0, 0.1) is 0 Å². The van der Waals surface area contributed by atoms with Gasteiger partial charge in [-0.3, -0.25) is 4.99 Å². The van der Waals surface area contributed by atoms with Crippen LogP contribution in [-0.4, -0.2) is 50.4 Å². The number of para-hydroxylation sites is 1. The van der Waals surface area contributed by atoms with Gasteiger partial charge in [0.1, 0.15) is 17.9 Å². The molecule has 0 aliphatic carbocycles. The van der Waals surface area contributed by atoms with Crippen molar-refractivity contribution in [1.29, 1.82) is 0 Å². The molecule has 0 bridgehead atoms. The third-order valence-electron chi connectivity index (χ3n) is 2.38. The summed E-state index contributed by atoms with van der Waals surface area (Å²) >= 11 is 0. The summed E-state index contributed by atoms with van der Waals surface area (Å²) in [6, 6.07) is 6.21. The first-order valence-electron chi connectivity index (χ1n) is 6.14. The van der Waals surface area contributed by atoms with Gasteiger partial charge in [0.15, 0.2) is 5.96 Å². The molecule has 7 heteroatoms. The van der Waals surface area contributed by atoms with Crippen molar-refractivity contribution in [3.05, 3.63) is 29.8 Å². The highest BCUT2D eigenvalue weighted by molar-refractivity contribution is 5.92. The third-order valence-corrected chi connectivity index (χ3v) is 2.38. The van der Waals surface area contributed by atoms with Crippen LogP contribution in [0.5, 0.6) is 5.75 Å². The number of phenols is 1. The summed E-state index contributed by atoms with van der Waals surface area (Å²) in [5.41, 5.74) is 5.56. The summed E-state index contributed by atoms with van der Waals surface area (Å²) in [5, 5.41) is 12.3. The van der Waals surface area contributed by atoms with Crippen molar-refractivity contribution in [1.82, 2.24) is 5.32 Å². The van der Waals surface area contributed by atoms with Gasteiger partial charge in [-0.2, -0.15) is 0 Å². The molecule has 0 aliphatic heterocycles. The first kappa shape index (κ1) is 15.8. The number of nitrogens with one attached hydrogen (secondary N) is 1. The molecule has 0 heterocycles. The minimum absolute atomic E-state index is 0.100. The monoisotopic (exact) mass is 281 g/mol. The fourth-order valence-corrected chi connectivity index (χ4v) is 1.35. The molecule has 7 nitrogen and oxygen atoms in total. The maximum absolute atomic E-state index is 11.6. The van der Waals surface area contributed by atoms with E-state index in [0.717, 1.165) is 0 Å². The highest BCUT2D eigenvalue weighted by Crippen LogP contribution is 2.16. The van der Waals surface area contributed by atoms with E-state index in [0.29, 0.717) is 19.1 Å². The van der Waals surface area contributed by atoms with E-state index in [-0.39, 0.29) is 24.5 Å². The molecule has 0 radical (unpaired) electrons. The van der Waals surface area contributed by atoms with Crippen LogP contribution in [0.25, 0.3) is 0 Å². The molecule has 0 saturated heterocycles. The topological polar surface area (TPSA) is 106 Å². The average Bonchev–Trinajstić information content (AvgIpc) is 2.46. The number of aliphatic imine (C=N–C) groups is 1. The SMILES string of the molecule is CN=C(N)NCCOCCOC(=O)c1ccccc1O. The van der Waals surface area contributed by atoms with Crippen LogP contribution in [0.1, 0.15) is 10.4 Å². The van der Waals surface area contributed by atoms with Gasteiger partial charge in [-0.05, 0) is 12.1 Å². The number of carbonyl (C=O) groups excluding carboxylic acids is 1. The van der Waals surface area contributed by atoms with Crippen molar-refractivity contribution in [3.8, 4) is 5.75 Å². The molecule has 110 valence electrons. The Bertz CT molecular complexity index is 463. The summed E-state index contributed by atoms with van der Waals surface area (Å²) < 4.78 is 10.2. The van der Waals surface area contributed by atoms with Crippen LogP contribution in [-0.2, 0) is 9.47 Å². The maximum atomic E-state index is 11.6. The van der Waals surface area contributed by atoms with E-state index in [1.165, 1.54) is 12.1 Å². The number of hydrogen-bond acceptors (Lipinski definition) is 5. The number of nitrogens with two attached hydrogens (primary N) is 1. The van der Waals surface area contributed by atoms with Gasteiger partial charge in [0.25, 0.3) is 0 Å². The highest BCUT2D eigenvalue weighted by atomic mass is 16.6. The number of phenolic OH excluding ortho intramolecular Hbond substituents is 1. The summed E-state index contributed by atoms with van der Waals surface area (Å²) in [4.78, 5) is 15.3. The van der Waals surface area contributed by atoms with E-state index in [1.807, 2.05) is 0 Å². The zero-order valence-corrected chi connectivity index (χ0v) is 11.3. The van der Waals surface area contributed by atoms with Gasteiger partial charge in [0.05, 0.1) is 13.2 Å². The molecule has 0 spiro atoms. The Hall–Kier alpha value is -2.28. The molecule has 4 N–H and O–H groups in total. The smallest absolute Gasteiger partial charge is 0.341 e. The van der Waals surface area contributed by atoms with Crippen molar-refractivity contribution < 1.29 is 19.4 Å². The molecule has 1 aromatic rings. The van der Waals surface area contributed by atoms with Gasteiger partial charge >= 0.3 is 5.97 Å². The quantitative estimate of drug-likeness (QED) is 0.283. The normalized spacial score (nSPS) is 11.2. The Morgan fingerprint density at radius 2 is 2.10 bits per heavy atom. The highest BCUT2D eigenvalue weighted by Gasteiger charge is 2.10. The lowest BCUT2D eigenvalue weighted by molar-refractivity contribution is 0.0322. The fraction of sp³-hybridized carbons (Fsp3) is 0.385. The van der Waals surface area contributed by atoms with Crippen LogP contribution < -0.4 is 11.1 Å². The van der Waals surface area contributed by atoms with Gasteiger partial charge in [0, 0.05) is 13.6 Å². The minimum atomic E-state index is -0.577. The standard InChI is InChI=1S/C13H19N3O4/c1-15-13(14)16-6-7-19-8-9-20-12(18)10-4-2-3-5-11(10)17/h2-5,17H,6-9H2,1H3,(H3,14,15,16). The Balaban J connectivity index is 2.13. The predicted molar refractivity (Wildman–Crippen MR) is 74.8 cm³/mol. The van der Waals surface area contributed by atoms with Crippen molar-refractivity contribution >= 4 is 11.9 Å². The van der Waals surface area contributed by atoms with Gasteiger partial charge < -0.3 is 25.6 Å². The lowest BCUT2D eigenvalue weighted by Gasteiger charge is -2.08. The van der Waals surface area contributed by atoms with Crippen molar-refractivity contribution in [2.75, 3.05) is 33.4 Å². The average molecular weight is 281 g/mol. The molecule has 0 fully saturated rings. The third kappa shape index (κ3) is 5.57. The van der Waals surface area contributed by atoms with E-state index >= 15 is 0 Å².